The van der Waals surface area contributed by atoms with Crippen LogP contribution in [-0.2, 0) is 6.42 Å². The summed E-state index contributed by atoms with van der Waals surface area (Å²) >= 11 is 3.60. The Bertz CT molecular complexity index is 349. The number of halogens is 1. The van der Waals surface area contributed by atoms with Crippen LogP contribution in [0.5, 0.6) is 0 Å². The number of hydrogen-bond donors (Lipinski definition) is 1. The molecule has 1 atom stereocenters. The quantitative estimate of drug-likeness (QED) is 0.888. The Morgan fingerprint density at radius 2 is 2.27 bits per heavy atom. The van der Waals surface area contributed by atoms with Gasteiger partial charge < -0.3 is 10.2 Å². The van der Waals surface area contributed by atoms with Crippen LogP contribution in [0.15, 0.2) is 22.7 Å². The molecular weight excluding hydrogens is 252 g/mol. The van der Waals surface area contributed by atoms with Gasteiger partial charge in [0, 0.05) is 17.1 Å². The maximum Gasteiger partial charge on any atom is 0.0519 e. The van der Waals surface area contributed by atoms with Crippen LogP contribution >= 0.6 is 15.9 Å². The summed E-state index contributed by atoms with van der Waals surface area (Å²) in [4.78, 5) is 2.24. The Kier molecular flexibility index (Phi) is 3.32. The van der Waals surface area contributed by atoms with Crippen LogP contribution in [0.3, 0.4) is 0 Å². The molecule has 0 aliphatic carbocycles. The highest BCUT2D eigenvalue weighted by atomic mass is 79.9. The van der Waals surface area contributed by atoms with Crippen molar-refractivity contribution < 1.29 is 0 Å². The summed E-state index contributed by atoms with van der Waals surface area (Å²) in [7, 11) is 4.24. The standard InChI is InChI=1S/C12H17BrN2/c1-15(2)8-10-7-6-9-4-3-5-11(13)12(9)14-10/h3-5,10,14H,6-8H2,1-2H3. The molecular formula is C12H17BrN2. The van der Waals surface area contributed by atoms with Crippen LogP contribution in [0.1, 0.15) is 12.0 Å². The van der Waals surface area contributed by atoms with Gasteiger partial charge in [-0.3, -0.25) is 0 Å². The topological polar surface area (TPSA) is 15.3 Å². The molecule has 0 fully saturated rings. The van der Waals surface area contributed by atoms with E-state index in [0.717, 1.165) is 6.54 Å². The Morgan fingerprint density at radius 1 is 1.47 bits per heavy atom. The summed E-state index contributed by atoms with van der Waals surface area (Å²) in [5.74, 6) is 0. The van der Waals surface area contributed by atoms with E-state index < -0.39 is 0 Å². The molecule has 1 N–H and O–H groups in total. The Labute approximate surface area is 99.8 Å². The van der Waals surface area contributed by atoms with Crippen LogP contribution in [0, 0.1) is 0 Å². The smallest absolute Gasteiger partial charge is 0.0519 e. The predicted octanol–water partition coefficient (Wildman–Crippen LogP) is 2.74. The molecule has 1 unspecified atom stereocenters. The fourth-order valence-electron chi connectivity index (χ4n) is 2.12. The molecule has 1 aliphatic rings. The Morgan fingerprint density at radius 3 is 3.00 bits per heavy atom. The molecule has 0 bridgehead atoms. The van der Waals surface area contributed by atoms with Crippen molar-refractivity contribution in [2.45, 2.75) is 18.9 Å². The van der Waals surface area contributed by atoms with E-state index in [-0.39, 0.29) is 0 Å². The fourth-order valence-corrected chi connectivity index (χ4v) is 2.64. The molecule has 0 saturated carbocycles. The van der Waals surface area contributed by atoms with Gasteiger partial charge in [-0.2, -0.15) is 0 Å². The first kappa shape index (κ1) is 11.0. The van der Waals surface area contributed by atoms with Gasteiger partial charge in [-0.15, -0.1) is 0 Å². The van der Waals surface area contributed by atoms with Crippen molar-refractivity contribution in [2.75, 3.05) is 26.0 Å². The molecule has 0 amide bonds. The first-order valence-corrected chi connectivity index (χ1v) is 6.15. The third-order valence-corrected chi connectivity index (χ3v) is 3.46. The van der Waals surface area contributed by atoms with Gasteiger partial charge in [0.25, 0.3) is 0 Å². The maximum absolute atomic E-state index is 3.61. The van der Waals surface area contributed by atoms with Gasteiger partial charge in [-0.1, -0.05) is 12.1 Å². The second-order valence-electron chi connectivity index (χ2n) is 4.42. The zero-order valence-corrected chi connectivity index (χ0v) is 10.8. The summed E-state index contributed by atoms with van der Waals surface area (Å²) < 4.78 is 1.18. The summed E-state index contributed by atoms with van der Waals surface area (Å²) in [5.41, 5.74) is 2.72. The predicted molar refractivity (Wildman–Crippen MR) is 68.4 cm³/mol. The first-order chi connectivity index (χ1) is 7.16. The fraction of sp³-hybridized carbons (Fsp3) is 0.500. The van der Waals surface area contributed by atoms with E-state index >= 15 is 0 Å². The number of nitrogens with one attached hydrogen (secondary N) is 1. The molecule has 0 spiro atoms. The van der Waals surface area contributed by atoms with E-state index in [1.165, 1.54) is 28.6 Å². The van der Waals surface area contributed by atoms with Crippen LogP contribution < -0.4 is 5.32 Å². The second kappa shape index (κ2) is 4.54. The lowest BCUT2D eigenvalue weighted by atomic mass is 9.98. The molecule has 0 saturated heterocycles. The van der Waals surface area contributed by atoms with Crippen LogP contribution in [0.25, 0.3) is 0 Å². The van der Waals surface area contributed by atoms with Crippen LogP contribution in [-0.4, -0.2) is 31.6 Å². The molecule has 2 rings (SSSR count). The van der Waals surface area contributed by atoms with Gasteiger partial charge in [0.2, 0.25) is 0 Å². The second-order valence-corrected chi connectivity index (χ2v) is 5.27. The Hall–Kier alpha value is -0.540. The van der Waals surface area contributed by atoms with Crippen molar-refractivity contribution in [1.29, 1.82) is 0 Å². The van der Waals surface area contributed by atoms with Gasteiger partial charge >= 0.3 is 0 Å². The van der Waals surface area contributed by atoms with Crippen molar-refractivity contribution >= 4 is 21.6 Å². The zero-order chi connectivity index (χ0) is 10.8. The number of anilines is 1. The van der Waals surface area contributed by atoms with E-state index in [0.29, 0.717) is 6.04 Å². The van der Waals surface area contributed by atoms with E-state index in [2.05, 4.69) is 58.4 Å². The third kappa shape index (κ3) is 2.52. The molecule has 15 heavy (non-hydrogen) atoms. The lowest BCUT2D eigenvalue weighted by molar-refractivity contribution is 0.371. The lowest BCUT2D eigenvalue weighted by Crippen LogP contribution is -2.35. The summed E-state index contributed by atoms with van der Waals surface area (Å²) in [6, 6.07) is 6.99. The number of likely N-dealkylation sites (N-methyl/N-ethyl adjacent to an activating group) is 1. The first-order valence-electron chi connectivity index (χ1n) is 5.35. The number of benzene rings is 1. The number of fused-ring (bicyclic) bond motifs is 1. The van der Waals surface area contributed by atoms with Crippen molar-refractivity contribution in [3.63, 3.8) is 0 Å². The van der Waals surface area contributed by atoms with Gasteiger partial charge in [-0.25, -0.2) is 0 Å². The maximum atomic E-state index is 3.61. The van der Waals surface area contributed by atoms with Crippen LogP contribution in [0.4, 0.5) is 5.69 Å². The zero-order valence-electron chi connectivity index (χ0n) is 9.26. The van der Waals surface area contributed by atoms with Crippen LogP contribution in [0.2, 0.25) is 0 Å². The largest absolute Gasteiger partial charge is 0.380 e. The molecule has 2 nitrogen and oxygen atoms in total. The molecule has 1 aliphatic heterocycles. The molecule has 0 aromatic heterocycles. The lowest BCUT2D eigenvalue weighted by Gasteiger charge is -2.29. The summed E-state index contributed by atoms with van der Waals surface area (Å²) in [6.45, 7) is 1.10. The summed E-state index contributed by atoms with van der Waals surface area (Å²) in [6.07, 6.45) is 2.40. The molecule has 1 heterocycles. The van der Waals surface area contributed by atoms with Crippen molar-refractivity contribution in [3.8, 4) is 0 Å². The Balaban J connectivity index is 2.15. The van der Waals surface area contributed by atoms with E-state index in [1.807, 2.05) is 0 Å². The minimum atomic E-state index is 0.575. The number of para-hydroxylation sites is 1. The normalized spacial score (nSPS) is 19.9. The van der Waals surface area contributed by atoms with Crippen molar-refractivity contribution in [1.82, 2.24) is 4.90 Å². The summed E-state index contributed by atoms with van der Waals surface area (Å²) in [5, 5.41) is 3.61. The average molecular weight is 269 g/mol. The van der Waals surface area contributed by atoms with Gasteiger partial charge in [0.05, 0.1) is 5.69 Å². The molecule has 82 valence electrons. The highest BCUT2D eigenvalue weighted by molar-refractivity contribution is 9.10. The number of aryl methyl sites for hydroxylation is 1. The minimum absolute atomic E-state index is 0.575. The number of hydrogen-bond acceptors (Lipinski definition) is 2. The molecule has 1 aromatic rings. The average Bonchev–Trinajstić information content (AvgIpc) is 2.18. The van der Waals surface area contributed by atoms with Gasteiger partial charge in [-0.05, 0) is 54.5 Å². The molecule has 0 radical (unpaired) electrons. The van der Waals surface area contributed by atoms with Crippen molar-refractivity contribution in [2.24, 2.45) is 0 Å². The monoisotopic (exact) mass is 268 g/mol. The minimum Gasteiger partial charge on any atom is -0.380 e. The molecule has 1 aromatic carbocycles. The van der Waals surface area contributed by atoms with Gasteiger partial charge in [0.15, 0.2) is 0 Å². The highest BCUT2D eigenvalue weighted by Crippen LogP contribution is 2.31. The van der Waals surface area contributed by atoms with Gasteiger partial charge in [0.1, 0.15) is 0 Å². The number of rotatable bonds is 2. The van der Waals surface area contributed by atoms with E-state index in [9.17, 15) is 0 Å². The highest BCUT2D eigenvalue weighted by Gasteiger charge is 2.19. The SMILES string of the molecule is CN(C)CC1CCc2cccc(Br)c2N1. The molecule has 3 heteroatoms. The number of nitrogens with zero attached hydrogens (tertiary/aromatic N) is 1. The van der Waals surface area contributed by atoms with Crippen molar-refractivity contribution in [3.05, 3.63) is 28.2 Å². The third-order valence-electron chi connectivity index (χ3n) is 2.80. The van der Waals surface area contributed by atoms with E-state index in [4.69, 9.17) is 0 Å². The van der Waals surface area contributed by atoms with E-state index in [1.54, 1.807) is 0 Å².